The molecule has 0 N–H and O–H groups in total. The van der Waals surface area contributed by atoms with Gasteiger partial charge in [0.15, 0.2) is 0 Å². The summed E-state index contributed by atoms with van der Waals surface area (Å²) in [4.78, 5) is 0. The molecule has 0 amide bonds. The quantitative estimate of drug-likeness (QED) is 0.392. The number of rotatable bonds is 0. The van der Waals surface area contributed by atoms with Gasteiger partial charge >= 0.3 is 34.5 Å². The van der Waals surface area contributed by atoms with Crippen LogP contribution in [0.4, 0.5) is 0 Å². The van der Waals surface area contributed by atoms with Crippen molar-refractivity contribution < 1.29 is 14.8 Å². The summed E-state index contributed by atoms with van der Waals surface area (Å²) in [5.41, 5.74) is 2.43. The number of benzene rings is 1. The van der Waals surface area contributed by atoms with Gasteiger partial charge in [-0.1, -0.05) is 13.8 Å². The van der Waals surface area contributed by atoms with Gasteiger partial charge in [-0.2, -0.15) is 35.4 Å². The van der Waals surface area contributed by atoms with Gasteiger partial charge in [0.1, 0.15) is 0 Å². The molecule has 1 aromatic rings. The zero-order valence-electron chi connectivity index (χ0n) is 6.32. The first kappa shape index (κ1) is 10.6. The first-order chi connectivity index (χ1) is 4.79. The molecule has 0 aromatic heterocycles. The second-order valence-electron chi connectivity index (χ2n) is 2.02. The molecule has 0 heterocycles. The number of hydrogen-bond acceptors (Lipinski definition) is 0. The Hall–Kier alpha value is 0.573. The van der Waals surface area contributed by atoms with Crippen molar-refractivity contribution in [3.63, 3.8) is 0 Å². The van der Waals surface area contributed by atoms with Crippen molar-refractivity contribution in [2.24, 2.45) is 0 Å². The Bertz CT molecular complexity index is 169. The molecule has 0 bridgehead atoms. The van der Waals surface area contributed by atoms with Crippen molar-refractivity contribution in [2.75, 3.05) is 0 Å². The summed E-state index contributed by atoms with van der Waals surface area (Å²) in [5, 5.41) is 0. The molecule has 0 atom stereocenters. The van der Waals surface area contributed by atoms with Crippen LogP contribution < -0.4 is 0 Å². The standard InChI is InChI=1S/C8H9.HI.Zn/c1-7-4-3-5-8(2)6-7;;/h3-5H,1-2H3;1H;/q-1;;+2/p-1. The van der Waals surface area contributed by atoms with Crippen LogP contribution in [-0.2, 0) is 14.8 Å². The van der Waals surface area contributed by atoms with E-state index in [2.05, 4.69) is 25.8 Å². The Kier molecular flexibility index (Phi) is 6.66. The maximum atomic E-state index is 3.17. The van der Waals surface area contributed by atoms with E-state index >= 15 is 0 Å². The van der Waals surface area contributed by atoms with Crippen LogP contribution in [0.25, 0.3) is 0 Å². The van der Waals surface area contributed by atoms with Crippen molar-refractivity contribution >= 4 is 19.8 Å². The van der Waals surface area contributed by atoms with Crippen molar-refractivity contribution in [3.05, 3.63) is 35.4 Å². The van der Waals surface area contributed by atoms with Crippen LogP contribution in [-0.4, -0.2) is 0 Å². The molecule has 0 aliphatic carbocycles. The summed E-state index contributed by atoms with van der Waals surface area (Å²) in [6, 6.07) is 9.31. The Morgan fingerprint density at radius 2 is 1.60 bits per heavy atom. The molecule has 1 rings (SSSR count). The van der Waals surface area contributed by atoms with E-state index in [1.54, 1.807) is 0 Å². The molecule has 10 heavy (non-hydrogen) atoms. The summed E-state index contributed by atoms with van der Waals surface area (Å²) < 4.78 is 0. The third-order valence-corrected chi connectivity index (χ3v) is 1.09. The van der Waals surface area contributed by atoms with Crippen LogP contribution in [0.3, 0.4) is 0 Å². The Labute approximate surface area is 83.3 Å². The fourth-order valence-corrected chi connectivity index (χ4v) is 0.731. The molecule has 0 fully saturated rings. The van der Waals surface area contributed by atoms with E-state index in [4.69, 9.17) is 0 Å². The molecule has 0 saturated heterocycles. The summed E-state index contributed by atoms with van der Waals surface area (Å²) in [5.74, 6) is 0. The third kappa shape index (κ3) is 4.40. The van der Waals surface area contributed by atoms with Crippen LogP contribution in [0.15, 0.2) is 18.2 Å². The van der Waals surface area contributed by atoms with Crippen LogP contribution >= 0.6 is 19.8 Å². The molecule has 0 spiro atoms. The van der Waals surface area contributed by atoms with E-state index < -0.39 is 0 Å². The van der Waals surface area contributed by atoms with Gasteiger partial charge < -0.3 is 0 Å². The Morgan fingerprint density at radius 3 is 1.80 bits per heavy atom. The second-order valence-corrected chi connectivity index (χ2v) is 2.02. The second kappa shape index (κ2) is 6.29. The maximum absolute atomic E-state index is 3.17. The van der Waals surface area contributed by atoms with E-state index in [1.807, 2.05) is 32.0 Å². The average Bonchev–Trinajstić information content (AvgIpc) is 1.91. The summed E-state index contributed by atoms with van der Waals surface area (Å²) in [6.07, 6.45) is 0. The number of aryl methyl sites for hydroxylation is 2. The fraction of sp³-hybridized carbons (Fsp3) is 0.250. The molecule has 0 nitrogen and oxygen atoms in total. The van der Waals surface area contributed by atoms with Gasteiger partial charge in [-0.05, 0) is 0 Å². The molecule has 0 aliphatic rings. The van der Waals surface area contributed by atoms with Crippen molar-refractivity contribution in [2.45, 2.75) is 13.8 Å². The molecular formula is C8H9IZn. The van der Waals surface area contributed by atoms with Crippen LogP contribution in [0.5, 0.6) is 0 Å². The van der Waals surface area contributed by atoms with E-state index in [0.29, 0.717) is 0 Å². The molecular weight excluding hydrogens is 288 g/mol. The zero-order valence-corrected chi connectivity index (χ0v) is 11.4. The summed E-state index contributed by atoms with van der Waals surface area (Å²) in [6.45, 7) is 4.10. The van der Waals surface area contributed by atoms with E-state index in [1.165, 1.54) is 25.9 Å². The Balaban J connectivity index is 0.000000371. The van der Waals surface area contributed by atoms with Crippen LogP contribution in [0.1, 0.15) is 11.1 Å². The van der Waals surface area contributed by atoms with Crippen LogP contribution in [0, 0.1) is 19.9 Å². The molecule has 0 radical (unpaired) electrons. The first-order valence-electron chi connectivity index (χ1n) is 3.01. The van der Waals surface area contributed by atoms with Gasteiger partial charge in [0.05, 0.1) is 0 Å². The first-order valence-corrected chi connectivity index (χ1v) is 12.1. The molecule has 0 saturated carbocycles. The van der Waals surface area contributed by atoms with Gasteiger partial charge in [-0.3, -0.25) is 0 Å². The molecule has 0 unspecified atom stereocenters. The predicted octanol–water partition coefficient (Wildman–Crippen LogP) is 2.99. The minimum absolute atomic E-state index is 1.21. The zero-order chi connectivity index (χ0) is 7.98. The van der Waals surface area contributed by atoms with Gasteiger partial charge in [0, 0.05) is 0 Å². The fourth-order valence-electron chi connectivity index (χ4n) is 0.731. The monoisotopic (exact) mass is 296 g/mol. The van der Waals surface area contributed by atoms with Gasteiger partial charge in [-0.25, -0.2) is 0 Å². The van der Waals surface area contributed by atoms with Crippen molar-refractivity contribution in [1.82, 2.24) is 0 Å². The van der Waals surface area contributed by atoms with E-state index in [-0.39, 0.29) is 0 Å². The SMILES string of the molecule is Cc1[c-]c(C)ccc1.[Zn+][I]. The van der Waals surface area contributed by atoms with E-state index in [0.717, 1.165) is 0 Å². The topological polar surface area (TPSA) is 0 Å². The molecule has 2 heteroatoms. The van der Waals surface area contributed by atoms with Gasteiger partial charge in [0.25, 0.3) is 0 Å². The summed E-state index contributed by atoms with van der Waals surface area (Å²) in [7, 11) is 0. The normalized spacial score (nSPS) is 8.10. The van der Waals surface area contributed by atoms with Gasteiger partial charge in [-0.15, -0.1) is 0 Å². The molecule has 50 valence electrons. The molecule has 0 aliphatic heterocycles. The molecule has 1 aromatic carbocycles. The van der Waals surface area contributed by atoms with Crippen LogP contribution in [0.2, 0.25) is 0 Å². The summed E-state index contributed by atoms with van der Waals surface area (Å²) >= 11 is 3.62. The van der Waals surface area contributed by atoms with Crippen molar-refractivity contribution in [1.29, 1.82) is 0 Å². The van der Waals surface area contributed by atoms with Crippen molar-refractivity contribution in [3.8, 4) is 0 Å². The van der Waals surface area contributed by atoms with E-state index in [9.17, 15) is 0 Å². The number of hydrogen-bond donors (Lipinski definition) is 0. The number of halogens is 1. The predicted molar refractivity (Wildman–Crippen MR) is 48.8 cm³/mol. The Morgan fingerprint density at radius 1 is 1.20 bits per heavy atom. The minimum atomic E-state index is 1.21. The van der Waals surface area contributed by atoms with Gasteiger partial charge in [0.2, 0.25) is 0 Å². The third-order valence-electron chi connectivity index (χ3n) is 1.09. The average molecular weight is 297 g/mol.